The summed E-state index contributed by atoms with van der Waals surface area (Å²) in [6.45, 7) is 4.31. The predicted molar refractivity (Wildman–Crippen MR) is 176 cm³/mol. The lowest BCUT2D eigenvalue weighted by Crippen LogP contribution is -2.52. The number of rotatable bonds is 12. The number of likely N-dealkylation sites (N-methyl/N-ethyl adjacent to an activating group) is 1. The number of hydrogen-bond acceptors (Lipinski definition) is 10. The molecule has 1 aliphatic heterocycles. The third kappa shape index (κ3) is 9.11. The number of halogens is 4. The molecular formula is C33H42F4N10O3. The van der Waals surface area contributed by atoms with Gasteiger partial charge in [0.05, 0.1) is 5.69 Å². The lowest BCUT2D eigenvalue weighted by molar-refractivity contribution is -0.144. The smallest absolute Gasteiger partial charge is 0.368 e. The summed E-state index contributed by atoms with van der Waals surface area (Å²) in [5, 5.41) is 9.51. The molecule has 50 heavy (non-hydrogen) atoms. The average molecular weight is 703 g/mol. The van der Waals surface area contributed by atoms with E-state index in [0.29, 0.717) is 44.0 Å². The van der Waals surface area contributed by atoms with Crippen molar-refractivity contribution in [2.45, 2.75) is 70.6 Å². The molecule has 5 rings (SSSR count). The van der Waals surface area contributed by atoms with Crippen molar-refractivity contribution in [3.05, 3.63) is 53.4 Å². The van der Waals surface area contributed by atoms with Crippen LogP contribution in [0.1, 0.15) is 67.3 Å². The number of nitrogens with one attached hydrogen (secondary N) is 2. The van der Waals surface area contributed by atoms with Crippen molar-refractivity contribution in [2.24, 2.45) is 11.8 Å². The van der Waals surface area contributed by atoms with E-state index in [2.05, 4.69) is 30.7 Å². The van der Waals surface area contributed by atoms with E-state index in [0.717, 1.165) is 38.2 Å². The number of aryl methyl sites for hydroxylation is 1. The number of amides is 2. The molecule has 2 aliphatic rings. The number of aromatic nitrogens is 5. The Morgan fingerprint density at radius 3 is 2.40 bits per heavy atom. The molecule has 2 fully saturated rings. The topological polar surface area (TPSA) is 164 Å². The van der Waals surface area contributed by atoms with Crippen LogP contribution in [-0.2, 0) is 28.7 Å². The molecule has 0 spiro atoms. The van der Waals surface area contributed by atoms with Gasteiger partial charge in [0.1, 0.15) is 17.6 Å². The first-order chi connectivity index (χ1) is 23.8. The van der Waals surface area contributed by atoms with Crippen LogP contribution in [0.5, 0.6) is 0 Å². The van der Waals surface area contributed by atoms with Crippen molar-refractivity contribution < 1.29 is 31.9 Å². The van der Waals surface area contributed by atoms with Crippen LogP contribution in [0.25, 0.3) is 0 Å². The van der Waals surface area contributed by atoms with Crippen LogP contribution in [0.4, 0.5) is 35.1 Å². The van der Waals surface area contributed by atoms with E-state index >= 15 is 4.39 Å². The summed E-state index contributed by atoms with van der Waals surface area (Å²) >= 11 is 0. The Balaban J connectivity index is 1.35. The maximum atomic E-state index is 15.6. The number of ketones is 1. The Hall–Kier alpha value is -4.67. The molecule has 3 heterocycles. The minimum Gasteiger partial charge on any atom is -0.368 e. The van der Waals surface area contributed by atoms with E-state index in [1.54, 1.807) is 21.8 Å². The quantitative estimate of drug-likeness (QED) is 0.185. The summed E-state index contributed by atoms with van der Waals surface area (Å²) in [7, 11) is 1.91. The molecule has 4 N–H and O–H groups in total. The minimum absolute atomic E-state index is 0.0391. The largest absolute Gasteiger partial charge is 0.451 e. The molecule has 13 nitrogen and oxygen atoms in total. The predicted octanol–water partition coefficient (Wildman–Crippen LogP) is 4.03. The highest BCUT2D eigenvalue weighted by atomic mass is 19.4. The third-order valence-corrected chi connectivity index (χ3v) is 9.32. The van der Waals surface area contributed by atoms with Crippen molar-refractivity contribution in [3.8, 4) is 0 Å². The Labute approximate surface area is 287 Å². The average Bonchev–Trinajstić information content (AvgIpc) is 3.57. The maximum absolute atomic E-state index is 15.6. The van der Waals surface area contributed by atoms with Crippen molar-refractivity contribution >= 4 is 35.2 Å². The molecule has 2 amide bonds. The molecule has 0 unspecified atom stereocenters. The van der Waals surface area contributed by atoms with E-state index in [9.17, 15) is 27.6 Å². The molecule has 2 atom stereocenters. The van der Waals surface area contributed by atoms with E-state index in [1.165, 1.54) is 12.1 Å². The SMILES string of the molecule is CCn1nccc1C(=O)C[C@H](C(=O)Nc1ccc(C[C@@H](Nc2nc(N)nc(C(F)(F)F)n2)C(=O)N2CCN(C)CC2)cc1F)C1CCCCC1. The number of nitrogens with two attached hydrogens (primary N) is 1. The molecule has 0 radical (unpaired) electrons. The Morgan fingerprint density at radius 2 is 1.74 bits per heavy atom. The van der Waals surface area contributed by atoms with E-state index in [4.69, 9.17) is 5.73 Å². The first kappa shape index (κ1) is 36.6. The molecule has 270 valence electrons. The fourth-order valence-electron chi connectivity index (χ4n) is 6.57. The summed E-state index contributed by atoms with van der Waals surface area (Å²) in [6, 6.07) is 4.49. The summed E-state index contributed by atoms with van der Waals surface area (Å²) in [5.74, 6) is -5.35. The molecule has 1 aliphatic carbocycles. The van der Waals surface area contributed by atoms with Crippen molar-refractivity contribution in [1.82, 2.24) is 34.5 Å². The van der Waals surface area contributed by atoms with Gasteiger partial charge in [-0.25, -0.2) is 4.39 Å². The van der Waals surface area contributed by atoms with Crippen LogP contribution in [-0.4, -0.2) is 91.4 Å². The standard InChI is InChI=1S/C33H42F4N10O3/c1-3-47-26(11-12-39-47)27(48)19-22(21-7-5-4-6-8-21)28(49)40-24-10-9-20(17-23(24)34)18-25(29(50)46-15-13-45(2)14-16-46)41-32-43-30(33(35,36)37)42-31(38)44-32/h9-12,17,21-22,25H,3-8,13-16,18-19H2,1-2H3,(H,40,49)(H3,38,41,42,43,44)/t22-,25+/m0/s1. The van der Waals surface area contributed by atoms with Gasteiger partial charge in [-0.1, -0.05) is 25.3 Å². The third-order valence-electron chi connectivity index (χ3n) is 9.32. The summed E-state index contributed by atoms with van der Waals surface area (Å²) in [5.41, 5.74) is 6.16. The zero-order valence-electron chi connectivity index (χ0n) is 28.0. The Morgan fingerprint density at radius 1 is 1.02 bits per heavy atom. The first-order valence-electron chi connectivity index (χ1n) is 16.8. The normalized spacial score (nSPS) is 17.3. The van der Waals surface area contributed by atoms with Gasteiger partial charge in [-0.3, -0.25) is 19.1 Å². The van der Waals surface area contributed by atoms with Gasteiger partial charge < -0.3 is 26.2 Å². The molecule has 3 aromatic rings. The highest BCUT2D eigenvalue weighted by Crippen LogP contribution is 2.34. The zero-order valence-corrected chi connectivity index (χ0v) is 28.0. The van der Waals surface area contributed by atoms with Crippen molar-refractivity contribution in [1.29, 1.82) is 0 Å². The molecule has 1 saturated heterocycles. The number of nitrogen functional groups attached to an aromatic ring is 1. The Bertz CT molecular complexity index is 1670. The molecule has 17 heteroatoms. The van der Waals surface area contributed by atoms with E-state index in [1.807, 2.05) is 18.9 Å². The Kier molecular flexibility index (Phi) is 11.6. The maximum Gasteiger partial charge on any atom is 0.451 e. The fraction of sp³-hybridized carbons (Fsp3) is 0.545. The number of Topliss-reactive ketones (excluding diaryl/α,β-unsaturated/α-hetero) is 1. The van der Waals surface area contributed by atoms with Gasteiger partial charge in [-0.2, -0.15) is 33.2 Å². The fourth-order valence-corrected chi connectivity index (χ4v) is 6.57. The van der Waals surface area contributed by atoms with Gasteiger partial charge in [0.2, 0.25) is 29.5 Å². The van der Waals surface area contributed by atoms with Crippen LogP contribution in [0.15, 0.2) is 30.5 Å². The van der Waals surface area contributed by atoms with Crippen LogP contribution in [0, 0.1) is 17.7 Å². The van der Waals surface area contributed by atoms with Crippen LogP contribution >= 0.6 is 0 Å². The molecule has 0 bridgehead atoms. The lowest BCUT2D eigenvalue weighted by Gasteiger charge is -2.35. The number of alkyl halides is 3. The van der Waals surface area contributed by atoms with Crippen LogP contribution < -0.4 is 16.4 Å². The van der Waals surface area contributed by atoms with Gasteiger partial charge in [0.15, 0.2) is 5.78 Å². The molecular weight excluding hydrogens is 660 g/mol. The van der Waals surface area contributed by atoms with Crippen LogP contribution in [0.2, 0.25) is 0 Å². The summed E-state index contributed by atoms with van der Waals surface area (Å²) in [4.78, 5) is 54.5. The minimum atomic E-state index is -4.91. The van der Waals surface area contributed by atoms with E-state index < -0.39 is 53.5 Å². The number of nitrogens with zero attached hydrogens (tertiary/aromatic N) is 7. The monoisotopic (exact) mass is 702 g/mol. The number of anilines is 3. The number of piperazine rings is 1. The summed E-state index contributed by atoms with van der Waals surface area (Å²) in [6.07, 6.45) is 0.949. The summed E-state index contributed by atoms with van der Waals surface area (Å²) < 4.78 is 57.4. The first-order valence-corrected chi connectivity index (χ1v) is 16.8. The van der Waals surface area contributed by atoms with Gasteiger partial charge >= 0.3 is 6.18 Å². The lowest BCUT2D eigenvalue weighted by atomic mass is 9.77. The number of hydrogen-bond donors (Lipinski definition) is 3. The van der Waals surface area contributed by atoms with Gasteiger partial charge in [-0.15, -0.1) is 0 Å². The van der Waals surface area contributed by atoms with Gasteiger partial charge in [0.25, 0.3) is 0 Å². The second kappa shape index (κ2) is 15.9. The molecule has 2 aromatic heterocycles. The second-order valence-electron chi connectivity index (χ2n) is 12.8. The van der Waals surface area contributed by atoms with Gasteiger partial charge in [0, 0.05) is 57.7 Å². The van der Waals surface area contributed by atoms with Crippen LogP contribution in [0.3, 0.4) is 0 Å². The van der Waals surface area contributed by atoms with E-state index in [-0.39, 0.29) is 30.2 Å². The highest BCUT2D eigenvalue weighted by Gasteiger charge is 2.37. The zero-order chi connectivity index (χ0) is 36.0. The number of carbonyl (C=O) groups excluding carboxylic acids is 3. The van der Waals surface area contributed by atoms with Crippen molar-refractivity contribution in [2.75, 3.05) is 49.6 Å². The van der Waals surface area contributed by atoms with Gasteiger partial charge in [-0.05, 0) is 56.5 Å². The molecule has 1 aromatic carbocycles. The number of carbonyl (C=O) groups is 3. The highest BCUT2D eigenvalue weighted by molar-refractivity contribution is 6.00. The molecule has 1 saturated carbocycles. The van der Waals surface area contributed by atoms with Crippen molar-refractivity contribution in [3.63, 3.8) is 0 Å². The number of benzene rings is 1. The second-order valence-corrected chi connectivity index (χ2v) is 12.8.